The lowest BCUT2D eigenvalue weighted by molar-refractivity contribution is -0.186. The first-order valence-corrected chi connectivity index (χ1v) is 8.44. The Balaban J connectivity index is 2.75. The van der Waals surface area contributed by atoms with Crippen molar-refractivity contribution in [2.45, 2.75) is 58.0 Å². The molecule has 0 amide bonds. The molecule has 5 heteroatoms. The van der Waals surface area contributed by atoms with Crippen LogP contribution in [0.15, 0.2) is 24.5 Å². The van der Waals surface area contributed by atoms with Crippen LogP contribution in [0.25, 0.3) is 0 Å². The highest BCUT2D eigenvalue weighted by Gasteiger charge is 2.63. The molecule has 1 aliphatic rings. The van der Waals surface area contributed by atoms with Crippen molar-refractivity contribution in [2.24, 2.45) is 5.41 Å². The monoisotopic (exact) mass is 334 g/mol. The number of ether oxygens (including phenoxy) is 1. The van der Waals surface area contributed by atoms with Crippen LogP contribution in [-0.2, 0) is 14.9 Å². The molecule has 126 valence electrons. The van der Waals surface area contributed by atoms with E-state index in [1.165, 1.54) is 6.92 Å². The maximum atomic E-state index is 11.9. The number of rotatable bonds is 3. The maximum Gasteiger partial charge on any atom is 0.303 e. The Morgan fingerprint density at radius 2 is 2.04 bits per heavy atom. The smallest absolute Gasteiger partial charge is 0.303 e. The number of nitrogens with one attached hydrogen (secondary N) is 1. The Kier molecular flexibility index (Phi) is 4.81. The van der Waals surface area contributed by atoms with Gasteiger partial charge >= 0.3 is 5.97 Å². The Labute approximate surface area is 144 Å². The van der Waals surface area contributed by atoms with E-state index < -0.39 is 11.0 Å². The third kappa shape index (κ3) is 2.65. The van der Waals surface area contributed by atoms with E-state index >= 15 is 0 Å². The zero-order valence-corrected chi connectivity index (χ0v) is 15.4. The van der Waals surface area contributed by atoms with Gasteiger partial charge in [-0.15, -0.1) is 0 Å². The maximum absolute atomic E-state index is 11.9. The van der Waals surface area contributed by atoms with E-state index in [0.29, 0.717) is 4.99 Å². The van der Waals surface area contributed by atoms with Crippen LogP contribution in [0.4, 0.5) is 0 Å². The van der Waals surface area contributed by atoms with Gasteiger partial charge in [0.2, 0.25) is 0 Å². The highest BCUT2D eigenvalue weighted by Crippen LogP contribution is 2.57. The van der Waals surface area contributed by atoms with Gasteiger partial charge in [-0.25, -0.2) is 0 Å². The van der Waals surface area contributed by atoms with Gasteiger partial charge in [-0.3, -0.25) is 9.78 Å². The van der Waals surface area contributed by atoms with Crippen LogP contribution in [0.1, 0.15) is 52.5 Å². The molecule has 1 aromatic rings. The van der Waals surface area contributed by atoms with Gasteiger partial charge in [0.25, 0.3) is 0 Å². The fourth-order valence-corrected chi connectivity index (χ4v) is 4.49. The van der Waals surface area contributed by atoms with Crippen LogP contribution in [0.5, 0.6) is 0 Å². The normalized spacial score (nSPS) is 29.6. The molecule has 1 saturated carbocycles. The quantitative estimate of drug-likeness (QED) is 0.678. The van der Waals surface area contributed by atoms with Crippen molar-refractivity contribution < 1.29 is 9.53 Å². The molecule has 0 saturated heterocycles. The summed E-state index contributed by atoms with van der Waals surface area (Å²) in [4.78, 5) is 16.9. The number of carbonyl (C=O) groups is 1. The lowest BCUT2D eigenvalue weighted by Gasteiger charge is -2.58. The van der Waals surface area contributed by atoms with Gasteiger partial charge in [0.05, 0.1) is 10.4 Å². The molecule has 1 fully saturated rings. The summed E-state index contributed by atoms with van der Waals surface area (Å²) in [6.45, 7) is 7.79. The first-order chi connectivity index (χ1) is 10.7. The molecule has 1 aliphatic carbocycles. The summed E-state index contributed by atoms with van der Waals surface area (Å²) in [6, 6.07) is 3.94. The second-order valence-corrected chi connectivity index (χ2v) is 7.50. The number of esters is 1. The zero-order chi connectivity index (χ0) is 17.3. The summed E-state index contributed by atoms with van der Waals surface area (Å²) in [7, 11) is 1.83. The third-order valence-electron chi connectivity index (χ3n) is 5.58. The number of hydrogen-bond acceptors (Lipinski definition) is 4. The lowest BCUT2D eigenvalue weighted by atomic mass is 9.51. The molecule has 2 unspecified atom stereocenters. The average Bonchev–Trinajstić information content (AvgIpc) is 2.49. The number of pyridine rings is 1. The van der Waals surface area contributed by atoms with Crippen molar-refractivity contribution in [3.8, 4) is 0 Å². The molecule has 2 rings (SSSR count). The molecule has 0 aromatic carbocycles. The van der Waals surface area contributed by atoms with Gasteiger partial charge in [-0.05, 0) is 31.4 Å². The third-order valence-corrected chi connectivity index (χ3v) is 6.13. The number of hydrogen-bond donors (Lipinski definition) is 1. The fourth-order valence-electron chi connectivity index (χ4n) is 4.07. The van der Waals surface area contributed by atoms with Crippen LogP contribution in [0, 0.1) is 5.41 Å². The number of thiocarbonyl (C=S) groups is 1. The average molecular weight is 334 g/mol. The molecule has 23 heavy (non-hydrogen) atoms. The minimum absolute atomic E-state index is 0.215. The predicted octanol–water partition coefficient (Wildman–Crippen LogP) is 3.40. The largest absolute Gasteiger partial charge is 0.458 e. The molecular weight excluding hydrogens is 308 g/mol. The molecule has 2 atom stereocenters. The van der Waals surface area contributed by atoms with E-state index in [1.54, 1.807) is 6.20 Å². The van der Waals surface area contributed by atoms with E-state index in [9.17, 15) is 4.79 Å². The summed E-state index contributed by atoms with van der Waals surface area (Å²) in [5.74, 6) is -0.283. The molecular formula is C18H26N2O2S. The van der Waals surface area contributed by atoms with Crippen LogP contribution >= 0.6 is 12.2 Å². The first-order valence-electron chi connectivity index (χ1n) is 8.03. The molecule has 0 bridgehead atoms. The molecule has 1 aromatic heterocycles. The van der Waals surface area contributed by atoms with Crippen LogP contribution < -0.4 is 5.32 Å². The van der Waals surface area contributed by atoms with Gasteiger partial charge in [-0.2, -0.15) is 0 Å². The predicted molar refractivity (Wildman–Crippen MR) is 95.4 cm³/mol. The molecule has 1 N–H and O–H groups in total. The van der Waals surface area contributed by atoms with Crippen molar-refractivity contribution >= 4 is 23.2 Å². The standard InChI is InChI=1S/C18H26N2O2S/c1-13(21)22-17(4)16(2,3)9-7-10-18(17,15(23)19-5)14-8-6-11-20-12-14/h6,8,11-12H,7,9-10H2,1-5H3,(H,19,23). The zero-order valence-electron chi connectivity index (χ0n) is 14.6. The topological polar surface area (TPSA) is 51.2 Å². The SMILES string of the molecule is CNC(=S)C1(c2cccnc2)CCCC(C)(C)C1(C)OC(C)=O. The first kappa shape index (κ1) is 17.9. The Bertz CT molecular complexity index is 602. The van der Waals surface area contributed by atoms with Crippen molar-refractivity contribution in [1.82, 2.24) is 10.3 Å². The Morgan fingerprint density at radius 1 is 1.35 bits per heavy atom. The van der Waals surface area contributed by atoms with E-state index in [1.807, 2.05) is 32.3 Å². The van der Waals surface area contributed by atoms with E-state index in [-0.39, 0.29) is 11.4 Å². The Hall–Kier alpha value is -1.49. The summed E-state index contributed by atoms with van der Waals surface area (Å²) < 4.78 is 5.99. The minimum atomic E-state index is -0.757. The number of likely N-dealkylation sites (N-methyl/N-ethyl adjacent to an activating group) is 1. The van der Waals surface area contributed by atoms with Gasteiger partial charge < -0.3 is 10.1 Å². The summed E-state index contributed by atoms with van der Waals surface area (Å²) in [6.07, 6.45) is 6.40. The number of aromatic nitrogens is 1. The van der Waals surface area contributed by atoms with E-state index in [2.05, 4.69) is 24.1 Å². The van der Waals surface area contributed by atoms with Crippen LogP contribution in [-0.4, -0.2) is 28.6 Å². The molecule has 4 nitrogen and oxygen atoms in total. The van der Waals surface area contributed by atoms with Crippen molar-refractivity contribution in [1.29, 1.82) is 0 Å². The number of carbonyl (C=O) groups excluding carboxylic acids is 1. The molecule has 0 aliphatic heterocycles. The highest BCUT2D eigenvalue weighted by molar-refractivity contribution is 7.80. The summed E-state index contributed by atoms with van der Waals surface area (Å²) >= 11 is 5.74. The van der Waals surface area contributed by atoms with Crippen LogP contribution in [0.3, 0.4) is 0 Å². The van der Waals surface area contributed by atoms with Crippen molar-refractivity contribution in [2.75, 3.05) is 7.05 Å². The van der Waals surface area contributed by atoms with Gasteiger partial charge in [0.15, 0.2) is 0 Å². The molecule has 0 spiro atoms. The highest BCUT2D eigenvalue weighted by atomic mass is 32.1. The summed E-state index contributed by atoms with van der Waals surface area (Å²) in [5.41, 5.74) is -0.560. The van der Waals surface area contributed by atoms with Gasteiger partial charge in [0.1, 0.15) is 5.60 Å². The van der Waals surface area contributed by atoms with Gasteiger partial charge in [0, 0.05) is 31.8 Å². The van der Waals surface area contributed by atoms with Gasteiger partial charge in [-0.1, -0.05) is 38.6 Å². The van der Waals surface area contributed by atoms with E-state index in [4.69, 9.17) is 17.0 Å². The van der Waals surface area contributed by atoms with Crippen LogP contribution in [0.2, 0.25) is 0 Å². The molecule has 0 radical (unpaired) electrons. The van der Waals surface area contributed by atoms with Crippen molar-refractivity contribution in [3.05, 3.63) is 30.1 Å². The second-order valence-electron chi connectivity index (χ2n) is 7.09. The number of nitrogens with zero attached hydrogens (tertiary/aromatic N) is 1. The van der Waals surface area contributed by atoms with E-state index in [0.717, 1.165) is 24.8 Å². The van der Waals surface area contributed by atoms with Crippen molar-refractivity contribution in [3.63, 3.8) is 0 Å². The lowest BCUT2D eigenvalue weighted by Crippen LogP contribution is -2.67. The summed E-state index contributed by atoms with van der Waals surface area (Å²) in [5, 5.41) is 3.15. The Morgan fingerprint density at radius 3 is 2.57 bits per heavy atom. The second kappa shape index (κ2) is 6.19. The minimum Gasteiger partial charge on any atom is -0.458 e. The fraction of sp³-hybridized carbons (Fsp3) is 0.611. The molecule has 1 heterocycles.